The van der Waals surface area contributed by atoms with Gasteiger partial charge in [0.25, 0.3) is 5.91 Å². The molecule has 616 valence electrons. The maximum atomic E-state index is 15.0. The molecule has 3 heterocycles. The van der Waals surface area contributed by atoms with Gasteiger partial charge in [-0.05, 0) is 126 Å². The van der Waals surface area contributed by atoms with E-state index in [9.17, 15) is 77.3 Å². The van der Waals surface area contributed by atoms with Crippen LogP contribution in [0.15, 0.2) is 47.6 Å². The van der Waals surface area contributed by atoms with Crippen molar-refractivity contribution in [3.05, 3.63) is 47.6 Å². The molecule has 0 radical (unpaired) electrons. The van der Waals surface area contributed by atoms with Crippen molar-refractivity contribution in [1.82, 2.24) is 26.2 Å². The van der Waals surface area contributed by atoms with E-state index in [-0.39, 0.29) is 79.2 Å². The monoisotopic (exact) mass is 1590 g/mol. The second-order valence-electron chi connectivity index (χ2n) is 28.8. The number of carboxylic acids is 4. The van der Waals surface area contributed by atoms with E-state index in [4.69, 9.17) is 54.8 Å². The number of Topliss-reactive ketones (excluding diaryl/α,β-unsaturated/α-hetero) is 3. The Hall–Kier alpha value is -7.93. The Morgan fingerprint density at radius 3 is 1.79 bits per heavy atom. The average Bonchev–Trinajstić information content (AvgIpc) is 0.814. The number of nitrogens with two attached hydrogens (primary N) is 2. The third-order valence-corrected chi connectivity index (χ3v) is 21.9. The van der Waals surface area contributed by atoms with Crippen LogP contribution in [-0.2, 0) is 105 Å². The number of carbonyl (C=O) groups is 15. The molecule has 110 heavy (non-hydrogen) atoms. The molecule has 2 saturated heterocycles. The zero-order chi connectivity index (χ0) is 82.1. The summed E-state index contributed by atoms with van der Waals surface area (Å²) in [5.74, 6) is -18.5. The van der Waals surface area contributed by atoms with Crippen molar-refractivity contribution in [2.45, 2.75) is 230 Å². The van der Waals surface area contributed by atoms with E-state index in [0.29, 0.717) is 57.8 Å². The molecule has 19 atom stereocenters. The van der Waals surface area contributed by atoms with Crippen LogP contribution >= 0.6 is 23.5 Å². The lowest BCUT2D eigenvalue weighted by atomic mass is 9.78. The summed E-state index contributed by atoms with van der Waals surface area (Å²) < 4.78 is 42.6. The first-order chi connectivity index (χ1) is 52.0. The van der Waals surface area contributed by atoms with Gasteiger partial charge in [0, 0.05) is 76.9 Å². The number of rotatable bonds is 32. The number of amides is 5. The molecule has 1 aliphatic carbocycles. The van der Waals surface area contributed by atoms with Crippen LogP contribution in [0, 0.1) is 35.5 Å². The van der Waals surface area contributed by atoms with Crippen LogP contribution in [0.5, 0.6) is 0 Å². The summed E-state index contributed by atoms with van der Waals surface area (Å²) in [6.45, 7) is 10.7. The topological polar surface area (TPSA) is 505 Å². The number of esters is 3. The second kappa shape index (κ2) is 48.1. The highest BCUT2D eigenvalue weighted by atomic mass is 32.2. The third kappa shape index (κ3) is 32.0. The summed E-state index contributed by atoms with van der Waals surface area (Å²) in [5.41, 5.74) is 12.1. The van der Waals surface area contributed by atoms with Crippen LogP contribution in [0.4, 0.5) is 0 Å². The lowest BCUT2D eigenvalue weighted by molar-refractivity contribution is -0.170. The number of allylic oxidation sites excluding steroid dienone is 6. The van der Waals surface area contributed by atoms with E-state index in [1.165, 1.54) is 32.1 Å². The Balaban J connectivity index is 1.72. The van der Waals surface area contributed by atoms with Crippen molar-refractivity contribution in [2.24, 2.45) is 47.0 Å². The van der Waals surface area contributed by atoms with E-state index < -0.39 is 217 Å². The number of nitrogens with zero attached hydrogens (tertiary/aromatic N) is 1. The van der Waals surface area contributed by atoms with Gasteiger partial charge in [0.2, 0.25) is 29.4 Å². The Morgan fingerprint density at radius 2 is 1.25 bits per heavy atom. The molecule has 4 aliphatic rings. The van der Waals surface area contributed by atoms with E-state index in [0.717, 1.165) is 29.1 Å². The first-order valence-corrected chi connectivity index (χ1v) is 39.4. The zero-order valence-electron chi connectivity index (χ0n) is 64.4. The molecule has 3 aliphatic heterocycles. The van der Waals surface area contributed by atoms with Crippen LogP contribution in [0.25, 0.3) is 0 Å². The van der Waals surface area contributed by atoms with Gasteiger partial charge < -0.3 is 91.2 Å². The average molecular weight is 1590 g/mol. The van der Waals surface area contributed by atoms with Crippen LogP contribution in [0.1, 0.15) is 151 Å². The molecule has 5 amide bonds. The number of nitrogens with one attached hydrogen (secondary N) is 4. The smallest absolute Gasteiger partial charge is 0.329 e. The highest BCUT2D eigenvalue weighted by molar-refractivity contribution is 8.00. The van der Waals surface area contributed by atoms with Gasteiger partial charge in [-0.2, -0.15) is 0 Å². The molecule has 4 rings (SSSR count). The molecule has 0 aromatic carbocycles. The minimum absolute atomic E-state index is 0.0432. The highest BCUT2D eigenvalue weighted by Crippen LogP contribution is 2.37. The van der Waals surface area contributed by atoms with Crippen molar-refractivity contribution in [2.75, 3.05) is 64.0 Å². The third-order valence-electron chi connectivity index (χ3n) is 19.9. The molecule has 2 bridgehead atoms. The SMILES string of the molecule is CO[C@H]1C[C@@H]2CC[C@@H](C)[C@@H](O2)C(=O)C(=O)N2CCCC[C@H]2C(=O)OC([C@H](C)C[C@@H]2CC[C@@H](OC(=O)CSC[C@H](NC(=O)CC[C@H](N)C(=O)O)C(=O)NCC(=O)O)[C@H](OC)C2)CC(=O)[C@H](C)/C=C(\C)[C@@H](OC(=O)CSC[C@H](NC(=O)CC[C@H](N)C(=O)O)C(=O)NCC(=O)O)[C@@H](OC)C(=O)[C@H](C)C[C@@H](C)\C=C/C=C/C=C/1C. The predicted molar refractivity (Wildman–Crippen MR) is 401 cm³/mol. The molecule has 33 nitrogen and oxygen atoms in total. The molecule has 1 saturated carbocycles. The quantitative estimate of drug-likeness (QED) is 0.0200. The molecular weight excluding hydrogens is 1480 g/mol. The molecular formula is C75H113N7O26S2. The largest absolute Gasteiger partial charge is 0.480 e. The van der Waals surface area contributed by atoms with Gasteiger partial charge in [-0.3, -0.25) is 67.1 Å². The molecule has 35 heteroatoms. The van der Waals surface area contributed by atoms with Gasteiger partial charge in [0.15, 0.2) is 18.0 Å². The number of cyclic esters (lactones) is 1. The normalized spacial score (nSPS) is 28.7. The summed E-state index contributed by atoms with van der Waals surface area (Å²) in [7, 11) is 4.26. The number of methoxy groups -OCH3 is 3. The van der Waals surface area contributed by atoms with E-state index in [1.54, 1.807) is 27.9 Å². The predicted octanol–water partition coefficient (Wildman–Crippen LogP) is 3.18. The van der Waals surface area contributed by atoms with Gasteiger partial charge in [0.05, 0.1) is 29.8 Å². The van der Waals surface area contributed by atoms with Crippen molar-refractivity contribution < 1.29 is 126 Å². The number of ketones is 3. The van der Waals surface area contributed by atoms with Crippen LogP contribution in [0.2, 0.25) is 0 Å². The number of piperidine rings is 1. The van der Waals surface area contributed by atoms with E-state index in [1.807, 2.05) is 51.2 Å². The number of fused-ring (bicyclic) bond motifs is 3. The molecule has 1 unspecified atom stereocenters. The Kier molecular flexibility index (Phi) is 41.3. The molecule has 12 N–H and O–H groups in total. The van der Waals surface area contributed by atoms with Gasteiger partial charge in [-0.15, -0.1) is 23.5 Å². The fourth-order valence-corrected chi connectivity index (χ4v) is 15.2. The van der Waals surface area contributed by atoms with Gasteiger partial charge in [0.1, 0.15) is 67.4 Å². The first kappa shape index (κ1) is 94.4. The number of hydrogen-bond donors (Lipinski definition) is 10. The number of carboxylic acid groups (broad SMARTS) is 4. The molecule has 0 aromatic rings. The van der Waals surface area contributed by atoms with Gasteiger partial charge >= 0.3 is 41.8 Å². The van der Waals surface area contributed by atoms with E-state index >= 15 is 4.79 Å². The lowest BCUT2D eigenvalue weighted by Gasteiger charge is -2.39. The number of aliphatic carboxylic acids is 4. The molecule has 0 spiro atoms. The fraction of sp³-hybridized carbons (Fsp3) is 0.693. The van der Waals surface area contributed by atoms with Gasteiger partial charge in [-0.1, -0.05) is 71.1 Å². The van der Waals surface area contributed by atoms with Crippen molar-refractivity contribution >= 4 is 112 Å². The molecule has 3 fully saturated rings. The number of hydrogen-bond acceptors (Lipinski definition) is 26. The minimum atomic E-state index is -1.50. The summed E-state index contributed by atoms with van der Waals surface area (Å²) in [6, 6.07) is -6.77. The Morgan fingerprint density at radius 1 is 0.664 bits per heavy atom. The standard InChI is InChI=1S/C75H113N7O26S2/c1-40-16-12-11-13-17-41(2)56(102-8)32-48-21-19-42(3)67(105-48)66(93)72(96)82-27-15-14-18-53(82)75(101)107-57(44(5)30-47-20-24-55(58(31-47)103-9)106-63(90)38-109-36-51(70(94)78-34-61(86)87)80-59(84)25-22-49(76)73(97)98)33-54(83)43(4)29-46(7)68(69(104-10)65(92)45(6)28-40)108-64(91)39-110-37-52(71(95)79-35-62(88)89)81-60(85)26-23-50(77)74(99)100/h11-13,16-17,29,40,42-45,47-53,55-58,67-69H,14-15,18-28,30-39,76-77H2,1-10H3,(H,78,94)(H,79,95)(H,80,84)(H,81,85)(H,86,87)(H,88,89)(H,97,98)(H,99,100)/b13-11+,16-12-,41-17+,46-29+/t40-,42+,43+,44+,45+,47-,48-,49-,50-,51-,52-,53-,55+,56-,57?,58+,67+,68+,69-/m0/s1. The summed E-state index contributed by atoms with van der Waals surface area (Å²) in [5, 5.41) is 46.0. The highest BCUT2D eigenvalue weighted by Gasteiger charge is 2.45. The summed E-state index contributed by atoms with van der Waals surface area (Å²) >= 11 is 1.70. The minimum Gasteiger partial charge on any atom is -0.480 e. The second-order valence-corrected chi connectivity index (χ2v) is 30.9. The number of carbonyl (C=O) groups excluding carboxylic acids is 11. The number of ether oxygens (including phenoxy) is 7. The summed E-state index contributed by atoms with van der Waals surface area (Å²) in [4.78, 5) is 200. The van der Waals surface area contributed by atoms with Crippen LogP contribution in [0.3, 0.4) is 0 Å². The maximum Gasteiger partial charge on any atom is 0.329 e. The van der Waals surface area contributed by atoms with Gasteiger partial charge in [-0.25, -0.2) is 4.79 Å². The maximum absolute atomic E-state index is 15.0. The van der Waals surface area contributed by atoms with Crippen molar-refractivity contribution in [3.63, 3.8) is 0 Å². The fourth-order valence-electron chi connectivity index (χ4n) is 13.5. The first-order valence-electron chi connectivity index (χ1n) is 37.1. The van der Waals surface area contributed by atoms with Crippen molar-refractivity contribution in [1.29, 1.82) is 0 Å². The Bertz CT molecular complexity index is 3330. The zero-order valence-corrected chi connectivity index (χ0v) is 66.0. The van der Waals surface area contributed by atoms with Crippen LogP contribution < -0.4 is 32.7 Å². The van der Waals surface area contributed by atoms with Crippen molar-refractivity contribution in [3.8, 4) is 0 Å². The molecule has 0 aromatic heterocycles. The van der Waals surface area contributed by atoms with Crippen LogP contribution in [-0.4, -0.2) is 257 Å². The number of thioether (sulfide) groups is 2. The lowest BCUT2D eigenvalue weighted by Crippen LogP contribution is -2.55. The Labute approximate surface area is 649 Å². The summed E-state index contributed by atoms with van der Waals surface area (Å²) in [6.07, 6.45) is 5.63. The van der Waals surface area contributed by atoms with E-state index in [2.05, 4.69) is 21.3 Å².